The summed E-state index contributed by atoms with van der Waals surface area (Å²) < 4.78 is 5.44. The van der Waals surface area contributed by atoms with Gasteiger partial charge in [0.1, 0.15) is 5.75 Å². The van der Waals surface area contributed by atoms with Crippen molar-refractivity contribution >= 4 is 17.8 Å². The van der Waals surface area contributed by atoms with Gasteiger partial charge in [0, 0.05) is 26.1 Å². The molecule has 1 unspecified atom stereocenters. The van der Waals surface area contributed by atoms with Gasteiger partial charge in [-0.3, -0.25) is 14.4 Å². The summed E-state index contributed by atoms with van der Waals surface area (Å²) in [7, 11) is 0. The molecule has 0 radical (unpaired) electrons. The third kappa shape index (κ3) is 4.74. The molecule has 0 aromatic heterocycles. The molecule has 142 valence electrons. The molecule has 1 aliphatic rings. The van der Waals surface area contributed by atoms with E-state index in [0.29, 0.717) is 43.9 Å². The zero-order valence-corrected chi connectivity index (χ0v) is 15.3. The molecule has 7 heteroatoms. The minimum atomic E-state index is -0.868. The van der Waals surface area contributed by atoms with E-state index in [9.17, 15) is 19.5 Å². The Morgan fingerprint density at radius 1 is 1.31 bits per heavy atom. The number of hydrogen-bond acceptors (Lipinski definition) is 4. The Bertz CT molecular complexity index is 676. The van der Waals surface area contributed by atoms with Crippen LogP contribution in [0.25, 0.3) is 0 Å². The van der Waals surface area contributed by atoms with Gasteiger partial charge in [0.25, 0.3) is 5.91 Å². The molecule has 1 saturated heterocycles. The van der Waals surface area contributed by atoms with E-state index in [4.69, 9.17) is 4.74 Å². The molecule has 1 aliphatic heterocycles. The van der Waals surface area contributed by atoms with E-state index in [2.05, 4.69) is 5.32 Å². The van der Waals surface area contributed by atoms with Crippen LogP contribution in [0.4, 0.5) is 0 Å². The Kier molecular flexibility index (Phi) is 6.60. The van der Waals surface area contributed by atoms with E-state index < -0.39 is 11.4 Å². The standard InChI is InChI=1S/C19H26N2O5/c1-3-26-15-8-5-4-7-14(15)17(23)20-11-6-9-16(22)21-12-10-19(2,13-21)18(24)25/h4-5,7-8H,3,6,9-13H2,1-2H3,(H,20,23)(H,24,25). The molecule has 0 aliphatic carbocycles. The number of amides is 2. The topological polar surface area (TPSA) is 95.9 Å². The first kappa shape index (κ1) is 19.8. The fourth-order valence-corrected chi connectivity index (χ4v) is 2.98. The first-order chi connectivity index (χ1) is 12.4. The summed E-state index contributed by atoms with van der Waals surface area (Å²) in [6.45, 7) is 5.08. The van der Waals surface area contributed by atoms with Crippen LogP contribution in [0.2, 0.25) is 0 Å². The predicted molar refractivity (Wildman–Crippen MR) is 96.1 cm³/mol. The normalized spacial score (nSPS) is 19.2. The van der Waals surface area contributed by atoms with Crippen molar-refractivity contribution < 1.29 is 24.2 Å². The molecule has 0 bridgehead atoms. The Balaban J connectivity index is 1.76. The van der Waals surface area contributed by atoms with Gasteiger partial charge in [0.2, 0.25) is 5.91 Å². The van der Waals surface area contributed by atoms with E-state index in [1.165, 1.54) is 0 Å². The van der Waals surface area contributed by atoms with Gasteiger partial charge in [0.15, 0.2) is 0 Å². The summed E-state index contributed by atoms with van der Waals surface area (Å²) in [6, 6.07) is 7.02. The van der Waals surface area contributed by atoms with Crippen molar-refractivity contribution in [3.05, 3.63) is 29.8 Å². The SMILES string of the molecule is CCOc1ccccc1C(=O)NCCCC(=O)N1CCC(C)(C(=O)O)C1. The van der Waals surface area contributed by atoms with E-state index in [-0.39, 0.29) is 24.8 Å². The Morgan fingerprint density at radius 3 is 2.69 bits per heavy atom. The molecule has 1 aromatic rings. The summed E-state index contributed by atoms with van der Waals surface area (Å²) >= 11 is 0. The number of carboxylic acid groups (broad SMARTS) is 1. The Labute approximate surface area is 153 Å². The largest absolute Gasteiger partial charge is 0.493 e. The number of nitrogens with one attached hydrogen (secondary N) is 1. The molecule has 1 fully saturated rings. The predicted octanol–water partition coefficient (Wildman–Crippen LogP) is 1.92. The molecule has 2 N–H and O–H groups in total. The van der Waals surface area contributed by atoms with E-state index in [1.807, 2.05) is 6.92 Å². The second kappa shape index (κ2) is 8.69. The number of aliphatic carboxylic acids is 1. The molecule has 0 saturated carbocycles. The lowest BCUT2D eigenvalue weighted by atomic mass is 9.90. The van der Waals surface area contributed by atoms with Crippen molar-refractivity contribution in [2.45, 2.75) is 33.1 Å². The van der Waals surface area contributed by atoms with Crippen LogP contribution >= 0.6 is 0 Å². The summed E-state index contributed by atoms with van der Waals surface area (Å²) in [6.07, 6.45) is 1.25. The van der Waals surface area contributed by atoms with Crippen LogP contribution in [0.1, 0.15) is 43.5 Å². The van der Waals surface area contributed by atoms with E-state index in [1.54, 1.807) is 36.1 Å². The fraction of sp³-hybridized carbons (Fsp3) is 0.526. The van der Waals surface area contributed by atoms with Crippen molar-refractivity contribution in [3.63, 3.8) is 0 Å². The third-order valence-electron chi connectivity index (χ3n) is 4.63. The van der Waals surface area contributed by atoms with Crippen LogP contribution < -0.4 is 10.1 Å². The molecule has 0 spiro atoms. The second-order valence-corrected chi connectivity index (χ2v) is 6.72. The highest BCUT2D eigenvalue weighted by atomic mass is 16.5. The maximum Gasteiger partial charge on any atom is 0.311 e. The minimum absolute atomic E-state index is 0.0704. The van der Waals surface area contributed by atoms with Gasteiger partial charge in [0.05, 0.1) is 17.6 Å². The number of carbonyl (C=O) groups is 3. The third-order valence-corrected chi connectivity index (χ3v) is 4.63. The lowest BCUT2D eigenvalue weighted by Crippen LogP contribution is -2.35. The lowest BCUT2D eigenvalue weighted by molar-refractivity contribution is -0.147. The number of hydrogen-bond donors (Lipinski definition) is 2. The average molecular weight is 362 g/mol. The maximum absolute atomic E-state index is 12.2. The van der Waals surface area contributed by atoms with Crippen molar-refractivity contribution in [2.75, 3.05) is 26.2 Å². The van der Waals surface area contributed by atoms with E-state index >= 15 is 0 Å². The summed E-state index contributed by atoms with van der Waals surface area (Å²) in [5.74, 6) is -0.637. The summed E-state index contributed by atoms with van der Waals surface area (Å²) in [4.78, 5) is 37.3. The lowest BCUT2D eigenvalue weighted by Gasteiger charge is -2.20. The molecular formula is C19H26N2O5. The van der Waals surface area contributed by atoms with Crippen LogP contribution in [-0.4, -0.2) is 54.0 Å². The van der Waals surface area contributed by atoms with Crippen molar-refractivity contribution in [3.8, 4) is 5.75 Å². The molecule has 2 rings (SSSR count). The number of likely N-dealkylation sites (tertiary alicyclic amines) is 1. The van der Waals surface area contributed by atoms with E-state index in [0.717, 1.165) is 0 Å². The fourth-order valence-electron chi connectivity index (χ4n) is 2.98. The molecule has 26 heavy (non-hydrogen) atoms. The molecule has 1 aromatic carbocycles. The highest BCUT2D eigenvalue weighted by Crippen LogP contribution is 2.30. The van der Waals surface area contributed by atoms with Gasteiger partial charge in [-0.25, -0.2) is 0 Å². The number of para-hydroxylation sites is 1. The smallest absolute Gasteiger partial charge is 0.311 e. The average Bonchev–Trinajstić information content (AvgIpc) is 3.03. The zero-order chi connectivity index (χ0) is 19.2. The van der Waals surface area contributed by atoms with Crippen LogP contribution in [0.3, 0.4) is 0 Å². The van der Waals surface area contributed by atoms with Crippen LogP contribution in [0.15, 0.2) is 24.3 Å². The van der Waals surface area contributed by atoms with Gasteiger partial charge >= 0.3 is 5.97 Å². The zero-order valence-electron chi connectivity index (χ0n) is 15.3. The van der Waals surface area contributed by atoms with Crippen molar-refractivity contribution in [2.24, 2.45) is 5.41 Å². The first-order valence-electron chi connectivity index (χ1n) is 8.88. The first-order valence-corrected chi connectivity index (χ1v) is 8.88. The summed E-state index contributed by atoms with van der Waals surface area (Å²) in [5, 5.41) is 12.0. The Morgan fingerprint density at radius 2 is 2.04 bits per heavy atom. The minimum Gasteiger partial charge on any atom is -0.493 e. The van der Waals surface area contributed by atoms with Gasteiger partial charge in [-0.2, -0.15) is 0 Å². The number of benzene rings is 1. The quantitative estimate of drug-likeness (QED) is 0.689. The van der Waals surface area contributed by atoms with Crippen molar-refractivity contribution in [1.82, 2.24) is 10.2 Å². The molecule has 2 amide bonds. The number of ether oxygens (including phenoxy) is 1. The monoisotopic (exact) mass is 362 g/mol. The molecular weight excluding hydrogens is 336 g/mol. The Hall–Kier alpha value is -2.57. The molecule has 1 atom stereocenters. The second-order valence-electron chi connectivity index (χ2n) is 6.72. The highest BCUT2D eigenvalue weighted by Gasteiger charge is 2.41. The number of nitrogens with zero attached hydrogens (tertiary/aromatic N) is 1. The molecule has 7 nitrogen and oxygen atoms in total. The number of rotatable bonds is 8. The van der Waals surface area contributed by atoms with Crippen LogP contribution in [0, 0.1) is 5.41 Å². The number of carbonyl (C=O) groups excluding carboxylic acids is 2. The van der Waals surface area contributed by atoms with Gasteiger partial charge in [-0.05, 0) is 38.8 Å². The summed E-state index contributed by atoms with van der Waals surface area (Å²) in [5.41, 5.74) is -0.384. The van der Waals surface area contributed by atoms with Gasteiger partial charge < -0.3 is 20.1 Å². The van der Waals surface area contributed by atoms with Crippen LogP contribution in [0.5, 0.6) is 5.75 Å². The number of carboxylic acids is 1. The van der Waals surface area contributed by atoms with Crippen molar-refractivity contribution in [1.29, 1.82) is 0 Å². The maximum atomic E-state index is 12.2. The van der Waals surface area contributed by atoms with Gasteiger partial charge in [-0.15, -0.1) is 0 Å². The highest BCUT2D eigenvalue weighted by molar-refractivity contribution is 5.96. The van der Waals surface area contributed by atoms with Gasteiger partial charge in [-0.1, -0.05) is 12.1 Å². The van der Waals surface area contributed by atoms with Crippen LogP contribution in [-0.2, 0) is 9.59 Å². The molecule has 1 heterocycles.